The van der Waals surface area contributed by atoms with Crippen molar-refractivity contribution in [2.45, 2.75) is 65.7 Å². The van der Waals surface area contributed by atoms with Gasteiger partial charge in [-0.1, -0.05) is 33.6 Å². The SMILES string of the molecule is CCOC(=O)c1cc2nc(CC3CCC(C)CC3)cc(C(C)C)n2n1. The molecule has 1 saturated carbocycles. The second kappa shape index (κ2) is 7.54. The molecule has 0 atom stereocenters. The first-order chi connectivity index (χ1) is 12.0. The molecule has 0 aromatic carbocycles. The third-order valence-corrected chi connectivity index (χ3v) is 5.22. The summed E-state index contributed by atoms with van der Waals surface area (Å²) in [6.45, 7) is 8.79. The quantitative estimate of drug-likeness (QED) is 0.755. The van der Waals surface area contributed by atoms with Gasteiger partial charge in [-0.05, 0) is 50.0 Å². The molecule has 0 N–H and O–H groups in total. The van der Waals surface area contributed by atoms with Gasteiger partial charge >= 0.3 is 5.97 Å². The summed E-state index contributed by atoms with van der Waals surface area (Å²) < 4.78 is 6.87. The molecule has 2 aromatic rings. The van der Waals surface area contributed by atoms with E-state index in [1.807, 2.05) is 0 Å². The summed E-state index contributed by atoms with van der Waals surface area (Å²) in [5, 5.41) is 4.43. The Morgan fingerprint density at radius 1 is 1.28 bits per heavy atom. The van der Waals surface area contributed by atoms with Crippen molar-refractivity contribution in [1.29, 1.82) is 0 Å². The van der Waals surface area contributed by atoms with E-state index in [1.165, 1.54) is 25.7 Å². The molecular formula is C20H29N3O2. The largest absolute Gasteiger partial charge is 0.461 e. The molecule has 2 heterocycles. The molecule has 5 heteroatoms. The second-order valence-corrected chi connectivity index (χ2v) is 7.68. The van der Waals surface area contributed by atoms with Gasteiger partial charge in [-0.25, -0.2) is 14.3 Å². The molecule has 0 unspecified atom stereocenters. The molecule has 5 nitrogen and oxygen atoms in total. The summed E-state index contributed by atoms with van der Waals surface area (Å²) in [4.78, 5) is 16.8. The Balaban J connectivity index is 1.90. The van der Waals surface area contributed by atoms with Crippen molar-refractivity contribution in [2.24, 2.45) is 11.8 Å². The van der Waals surface area contributed by atoms with Crippen molar-refractivity contribution in [3.8, 4) is 0 Å². The number of esters is 1. The van der Waals surface area contributed by atoms with Crippen molar-refractivity contribution in [3.63, 3.8) is 0 Å². The highest BCUT2D eigenvalue weighted by molar-refractivity contribution is 5.88. The first-order valence-electron chi connectivity index (χ1n) is 9.54. The maximum atomic E-state index is 12.0. The van der Waals surface area contributed by atoms with E-state index >= 15 is 0 Å². The van der Waals surface area contributed by atoms with Gasteiger partial charge in [0.2, 0.25) is 0 Å². The molecular weight excluding hydrogens is 314 g/mol. The fourth-order valence-electron chi connectivity index (χ4n) is 3.70. The van der Waals surface area contributed by atoms with Crippen LogP contribution in [0.2, 0.25) is 0 Å². The van der Waals surface area contributed by atoms with E-state index in [0.29, 0.717) is 18.2 Å². The van der Waals surface area contributed by atoms with Crippen LogP contribution >= 0.6 is 0 Å². The van der Waals surface area contributed by atoms with Gasteiger partial charge in [0, 0.05) is 17.5 Å². The maximum absolute atomic E-state index is 12.0. The Bertz CT molecular complexity index is 743. The summed E-state index contributed by atoms with van der Waals surface area (Å²) in [5.41, 5.74) is 3.29. The zero-order chi connectivity index (χ0) is 18.0. The lowest BCUT2D eigenvalue weighted by Gasteiger charge is -2.26. The molecule has 1 fully saturated rings. The third-order valence-electron chi connectivity index (χ3n) is 5.22. The minimum atomic E-state index is -0.384. The number of hydrogen-bond acceptors (Lipinski definition) is 4. The molecule has 3 rings (SSSR count). The number of carbonyl (C=O) groups is 1. The first-order valence-corrected chi connectivity index (χ1v) is 9.54. The zero-order valence-electron chi connectivity index (χ0n) is 15.8. The molecule has 25 heavy (non-hydrogen) atoms. The summed E-state index contributed by atoms with van der Waals surface area (Å²) >= 11 is 0. The molecule has 136 valence electrons. The molecule has 2 aromatic heterocycles. The van der Waals surface area contributed by atoms with Gasteiger partial charge < -0.3 is 4.74 Å². The number of ether oxygens (including phenoxy) is 1. The topological polar surface area (TPSA) is 56.5 Å². The van der Waals surface area contributed by atoms with E-state index < -0.39 is 0 Å². The molecule has 0 saturated heterocycles. The molecule has 0 bridgehead atoms. The first kappa shape index (κ1) is 17.9. The predicted octanol–water partition coefficient (Wildman–Crippen LogP) is 4.40. The van der Waals surface area contributed by atoms with Crippen LogP contribution in [-0.4, -0.2) is 27.2 Å². The fourth-order valence-corrected chi connectivity index (χ4v) is 3.70. The molecule has 0 aliphatic heterocycles. The highest BCUT2D eigenvalue weighted by atomic mass is 16.5. The van der Waals surface area contributed by atoms with E-state index in [2.05, 4.69) is 31.9 Å². The lowest BCUT2D eigenvalue weighted by Crippen LogP contribution is -2.16. The molecule has 0 radical (unpaired) electrons. The van der Waals surface area contributed by atoms with Crippen molar-refractivity contribution < 1.29 is 9.53 Å². The van der Waals surface area contributed by atoms with Crippen LogP contribution in [0.5, 0.6) is 0 Å². The number of nitrogens with zero attached hydrogens (tertiary/aromatic N) is 3. The second-order valence-electron chi connectivity index (χ2n) is 7.68. The number of rotatable bonds is 5. The summed E-state index contributed by atoms with van der Waals surface area (Å²) in [6, 6.07) is 3.91. The van der Waals surface area contributed by atoms with Crippen LogP contribution in [0.25, 0.3) is 5.65 Å². The van der Waals surface area contributed by atoms with Crippen LogP contribution in [0, 0.1) is 11.8 Å². The predicted molar refractivity (Wildman–Crippen MR) is 97.9 cm³/mol. The zero-order valence-corrected chi connectivity index (χ0v) is 15.8. The monoisotopic (exact) mass is 343 g/mol. The normalized spacial score (nSPS) is 21.0. The van der Waals surface area contributed by atoms with Crippen molar-refractivity contribution in [3.05, 3.63) is 29.2 Å². The minimum Gasteiger partial charge on any atom is -0.461 e. The van der Waals surface area contributed by atoms with Crippen LogP contribution < -0.4 is 0 Å². The third kappa shape index (κ3) is 4.02. The smallest absolute Gasteiger partial charge is 0.358 e. The lowest BCUT2D eigenvalue weighted by molar-refractivity contribution is 0.0519. The van der Waals surface area contributed by atoms with Crippen LogP contribution in [0.4, 0.5) is 0 Å². The average Bonchev–Trinajstić information content (AvgIpc) is 3.00. The minimum absolute atomic E-state index is 0.311. The lowest BCUT2D eigenvalue weighted by atomic mass is 9.81. The van der Waals surface area contributed by atoms with Gasteiger partial charge in [-0.15, -0.1) is 0 Å². The molecule has 0 amide bonds. The van der Waals surface area contributed by atoms with Gasteiger partial charge in [-0.2, -0.15) is 5.10 Å². The average molecular weight is 343 g/mol. The number of aromatic nitrogens is 3. The standard InChI is InChI=1S/C20H29N3O2/c1-5-25-20(24)17-12-19-21-16(10-15-8-6-14(4)7-9-15)11-18(13(2)3)23(19)22-17/h11-15H,5-10H2,1-4H3. The molecule has 1 aliphatic carbocycles. The summed E-state index contributed by atoms with van der Waals surface area (Å²) in [7, 11) is 0. The number of carbonyl (C=O) groups excluding carboxylic acids is 1. The Morgan fingerprint density at radius 2 is 2.00 bits per heavy atom. The van der Waals surface area contributed by atoms with E-state index in [0.717, 1.165) is 35.3 Å². The van der Waals surface area contributed by atoms with Crippen molar-refractivity contribution >= 4 is 11.6 Å². The highest BCUT2D eigenvalue weighted by Crippen LogP contribution is 2.31. The van der Waals surface area contributed by atoms with Crippen LogP contribution in [0.1, 0.15) is 81.2 Å². The Labute approximate surface area is 149 Å². The van der Waals surface area contributed by atoms with Gasteiger partial charge in [0.15, 0.2) is 11.3 Å². The Hall–Kier alpha value is -1.91. The van der Waals surface area contributed by atoms with E-state index in [4.69, 9.17) is 9.72 Å². The van der Waals surface area contributed by atoms with E-state index in [9.17, 15) is 4.79 Å². The van der Waals surface area contributed by atoms with Gasteiger partial charge in [0.1, 0.15) is 0 Å². The Kier molecular flexibility index (Phi) is 5.40. The van der Waals surface area contributed by atoms with Crippen LogP contribution in [0.15, 0.2) is 12.1 Å². The number of fused-ring (bicyclic) bond motifs is 1. The van der Waals surface area contributed by atoms with Gasteiger partial charge in [0.05, 0.1) is 6.61 Å². The van der Waals surface area contributed by atoms with Gasteiger partial charge in [0.25, 0.3) is 0 Å². The number of hydrogen-bond donors (Lipinski definition) is 0. The van der Waals surface area contributed by atoms with Gasteiger partial charge in [-0.3, -0.25) is 0 Å². The van der Waals surface area contributed by atoms with Crippen molar-refractivity contribution in [1.82, 2.24) is 14.6 Å². The molecule has 1 aliphatic rings. The summed E-state index contributed by atoms with van der Waals surface area (Å²) in [5.74, 6) is 1.51. The highest BCUT2D eigenvalue weighted by Gasteiger charge is 2.21. The van der Waals surface area contributed by atoms with Crippen LogP contribution in [0.3, 0.4) is 0 Å². The van der Waals surface area contributed by atoms with Crippen molar-refractivity contribution in [2.75, 3.05) is 6.61 Å². The summed E-state index contributed by atoms with van der Waals surface area (Å²) in [6.07, 6.45) is 6.24. The van der Waals surface area contributed by atoms with E-state index in [1.54, 1.807) is 17.5 Å². The Morgan fingerprint density at radius 3 is 2.64 bits per heavy atom. The maximum Gasteiger partial charge on any atom is 0.358 e. The van der Waals surface area contributed by atoms with Crippen LogP contribution in [-0.2, 0) is 11.2 Å². The fraction of sp³-hybridized carbons (Fsp3) is 0.650. The van der Waals surface area contributed by atoms with E-state index in [-0.39, 0.29) is 5.97 Å². The molecule has 0 spiro atoms.